The van der Waals surface area contributed by atoms with Crippen molar-refractivity contribution in [2.75, 3.05) is 5.73 Å². The molecule has 0 spiro atoms. The van der Waals surface area contributed by atoms with Gasteiger partial charge in [0.05, 0.1) is 11.4 Å². The summed E-state index contributed by atoms with van der Waals surface area (Å²) in [5, 5.41) is 8.49. The van der Waals surface area contributed by atoms with Crippen molar-refractivity contribution >= 4 is 34.5 Å². The number of allylic oxidation sites excluding steroid dienone is 1. The van der Waals surface area contributed by atoms with E-state index < -0.39 is 11.9 Å². The number of aromatic nitrogens is 3. The number of hydrogen-bond acceptors (Lipinski definition) is 5. The molecule has 2 heterocycles. The van der Waals surface area contributed by atoms with Crippen molar-refractivity contribution in [3.63, 3.8) is 0 Å². The molecule has 5 rings (SSSR count). The van der Waals surface area contributed by atoms with Gasteiger partial charge in [-0.15, -0.1) is 0 Å². The number of amides is 1. The number of anilines is 1. The van der Waals surface area contributed by atoms with Crippen molar-refractivity contribution in [1.82, 2.24) is 19.7 Å². The lowest BCUT2D eigenvalue weighted by atomic mass is 10.0. The first-order valence-electron chi connectivity index (χ1n) is 13.4. The Labute approximate surface area is 233 Å². The molecule has 0 radical (unpaired) electrons. The number of nitrogen functional groups attached to an aromatic ring is 1. The molecule has 1 saturated carbocycles. The highest BCUT2D eigenvalue weighted by molar-refractivity contribution is 6.03. The zero-order chi connectivity index (χ0) is 28.2. The number of pyridine rings is 1. The van der Waals surface area contributed by atoms with Gasteiger partial charge in [-0.05, 0) is 49.4 Å². The number of benzene rings is 2. The van der Waals surface area contributed by atoms with E-state index >= 15 is 0 Å². The average molecular weight is 533 g/mol. The van der Waals surface area contributed by atoms with Crippen LogP contribution in [-0.4, -0.2) is 26.5 Å². The molecule has 1 aliphatic rings. The van der Waals surface area contributed by atoms with Crippen LogP contribution in [-0.2, 0) is 7.05 Å². The fraction of sp³-hybridized carbons (Fsp3) is 0.250. The van der Waals surface area contributed by atoms with Crippen molar-refractivity contribution in [3.8, 4) is 17.5 Å². The van der Waals surface area contributed by atoms with Crippen LogP contribution in [0.4, 0.5) is 11.6 Å². The van der Waals surface area contributed by atoms with Crippen LogP contribution in [0.5, 0.6) is 0 Å². The molecule has 2 aromatic heterocycles. The summed E-state index contributed by atoms with van der Waals surface area (Å²) < 4.78 is 3.09. The number of nitrogens with one attached hydrogen (secondary N) is 1. The van der Waals surface area contributed by atoms with Crippen LogP contribution in [0.1, 0.15) is 60.3 Å². The second kappa shape index (κ2) is 11.5. The normalized spacial score (nSPS) is 14.2. The van der Waals surface area contributed by atoms with Gasteiger partial charge in [-0.25, -0.2) is 9.67 Å². The van der Waals surface area contributed by atoms with Gasteiger partial charge in [0.2, 0.25) is 0 Å². The Bertz CT molecular complexity index is 1730. The fourth-order valence-corrected chi connectivity index (χ4v) is 5.27. The minimum atomic E-state index is -0.561. The monoisotopic (exact) mass is 532 g/mol. The Morgan fingerprint density at radius 2 is 1.95 bits per heavy atom. The topological polar surface area (TPSA) is 107 Å². The summed E-state index contributed by atoms with van der Waals surface area (Å²) in [5.74, 6) is 7.00. The molecule has 0 saturated heterocycles. The molecule has 8 heteroatoms. The van der Waals surface area contributed by atoms with E-state index in [-0.39, 0.29) is 16.9 Å². The van der Waals surface area contributed by atoms with Gasteiger partial charge in [0, 0.05) is 36.1 Å². The predicted molar refractivity (Wildman–Crippen MR) is 160 cm³/mol. The first-order chi connectivity index (χ1) is 19.4. The third-order valence-electron chi connectivity index (χ3n) is 7.22. The SMILES string of the molecule is C=C/C=N\c1c(C(=O)NC(C)c2cc3cccc(C#CC4CCCC4)c3c(=O)n2-c2ccccc2)c(N)nn1C. The molecule has 1 fully saturated rings. The fourth-order valence-electron chi connectivity index (χ4n) is 5.27. The Morgan fingerprint density at radius 1 is 1.20 bits per heavy atom. The van der Waals surface area contributed by atoms with Crippen LogP contribution in [0.3, 0.4) is 0 Å². The molecule has 1 unspecified atom stereocenters. The molecule has 1 aliphatic carbocycles. The smallest absolute Gasteiger partial charge is 0.264 e. The number of hydrogen-bond donors (Lipinski definition) is 2. The largest absolute Gasteiger partial charge is 0.381 e. The summed E-state index contributed by atoms with van der Waals surface area (Å²) in [4.78, 5) is 31.9. The molecule has 202 valence electrons. The summed E-state index contributed by atoms with van der Waals surface area (Å²) in [6.45, 7) is 5.47. The van der Waals surface area contributed by atoms with E-state index in [2.05, 4.69) is 33.8 Å². The lowest BCUT2D eigenvalue weighted by Crippen LogP contribution is -2.32. The Hall–Kier alpha value is -4.90. The summed E-state index contributed by atoms with van der Waals surface area (Å²) in [6.07, 6.45) is 7.60. The number of carbonyl (C=O) groups excluding carboxylic acids is 1. The standard InChI is InChI=1S/C32H32N6O2/c1-4-19-34-30-28(29(33)36-37(30)3)31(39)35-21(2)26-20-24-14-10-13-23(18-17-22-11-8-9-12-22)27(24)32(40)38(26)25-15-6-5-7-16-25/h4-7,10,13-16,19-22H,1,8-9,11-12H2,2-3H3,(H2,33,36)(H,35,39)/b34-19-. The zero-order valence-electron chi connectivity index (χ0n) is 22.7. The number of aliphatic imine (C=N–C) groups is 1. The van der Waals surface area contributed by atoms with E-state index in [4.69, 9.17) is 5.73 Å². The van der Waals surface area contributed by atoms with E-state index in [1.54, 1.807) is 11.6 Å². The van der Waals surface area contributed by atoms with Crippen LogP contribution in [0.2, 0.25) is 0 Å². The first-order valence-corrected chi connectivity index (χ1v) is 13.4. The molecule has 1 amide bonds. The number of aryl methyl sites for hydroxylation is 1. The second-order valence-electron chi connectivity index (χ2n) is 9.98. The Balaban J connectivity index is 1.61. The minimum absolute atomic E-state index is 0.0628. The molecule has 8 nitrogen and oxygen atoms in total. The van der Waals surface area contributed by atoms with Gasteiger partial charge >= 0.3 is 0 Å². The number of nitrogens with zero attached hydrogens (tertiary/aromatic N) is 4. The number of para-hydroxylation sites is 1. The van der Waals surface area contributed by atoms with E-state index in [0.29, 0.717) is 28.5 Å². The summed E-state index contributed by atoms with van der Waals surface area (Å²) in [5.41, 5.74) is 8.09. The molecule has 0 bridgehead atoms. The van der Waals surface area contributed by atoms with E-state index in [1.807, 2.05) is 61.5 Å². The Morgan fingerprint density at radius 3 is 2.67 bits per heavy atom. The minimum Gasteiger partial charge on any atom is -0.381 e. The number of rotatable bonds is 6. The highest BCUT2D eigenvalue weighted by atomic mass is 16.2. The molecular weight excluding hydrogens is 500 g/mol. The van der Waals surface area contributed by atoms with Crippen molar-refractivity contribution in [1.29, 1.82) is 0 Å². The second-order valence-corrected chi connectivity index (χ2v) is 9.98. The maximum absolute atomic E-state index is 14.2. The molecule has 40 heavy (non-hydrogen) atoms. The third kappa shape index (κ3) is 5.19. The van der Waals surface area contributed by atoms with Gasteiger partial charge < -0.3 is 11.1 Å². The van der Waals surface area contributed by atoms with Gasteiger partial charge in [-0.3, -0.25) is 14.2 Å². The van der Waals surface area contributed by atoms with Gasteiger partial charge in [0.1, 0.15) is 5.56 Å². The first kappa shape index (κ1) is 26.7. The summed E-state index contributed by atoms with van der Waals surface area (Å²) >= 11 is 0. The van der Waals surface area contributed by atoms with Crippen LogP contribution in [0, 0.1) is 17.8 Å². The maximum atomic E-state index is 14.2. The highest BCUT2D eigenvalue weighted by Crippen LogP contribution is 2.28. The third-order valence-corrected chi connectivity index (χ3v) is 7.22. The molecule has 4 aromatic rings. The number of fused-ring (bicyclic) bond motifs is 1. The molecule has 0 aliphatic heterocycles. The van der Waals surface area contributed by atoms with Gasteiger partial charge in [-0.2, -0.15) is 5.10 Å². The molecular formula is C32H32N6O2. The van der Waals surface area contributed by atoms with Crippen molar-refractivity contribution in [2.45, 2.75) is 38.6 Å². The Kier molecular flexibility index (Phi) is 7.65. The highest BCUT2D eigenvalue weighted by Gasteiger charge is 2.25. The van der Waals surface area contributed by atoms with Crippen molar-refractivity contribution in [3.05, 3.63) is 94.4 Å². The lowest BCUT2D eigenvalue weighted by Gasteiger charge is -2.21. The van der Waals surface area contributed by atoms with E-state index in [0.717, 1.165) is 23.8 Å². The van der Waals surface area contributed by atoms with Crippen molar-refractivity contribution in [2.24, 2.45) is 18.0 Å². The van der Waals surface area contributed by atoms with Gasteiger partial charge in [0.25, 0.3) is 11.5 Å². The molecule has 1 atom stereocenters. The van der Waals surface area contributed by atoms with Crippen LogP contribution >= 0.6 is 0 Å². The average Bonchev–Trinajstić information content (AvgIpc) is 3.57. The molecule has 2 aromatic carbocycles. The number of nitrogens with two attached hydrogens (primary N) is 1. The van der Waals surface area contributed by atoms with Crippen LogP contribution in [0.15, 0.2) is 77.0 Å². The molecule has 3 N–H and O–H groups in total. The predicted octanol–water partition coefficient (Wildman–Crippen LogP) is 5.23. The van der Waals surface area contributed by atoms with Gasteiger partial charge in [0.15, 0.2) is 11.6 Å². The zero-order valence-corrected chi connectivity index (χ0v) is 22.7. The van der Waals surface area contributed by atoms with Crippen molar-refractivity contribution < 1.29 is 4.79 Å². The van der Waals surface area contributed by atoms with E-state index in [1.165, 1.54) is 29.8 Å². The van der Waals surface area contributed by atoms with Crippen LogP contribution < -0.4 is 16.6 Å². The van der Waals surface area contributed by atoms with E-state index in [9.17, 15) is 9.59 Å². The van der Waals surface area contributed by atoms with Gasteiger partial charge in [-0.1, -0.05) is 67.7 Å². The number of carbonyl (C=O) groups is 1. The summed E-state index contributed by atoms with van der Waals surface area (Å²) in [7, 11) is 1.66. The lowest BCUT2D eigenvalue weighted by molar-refractivity contribution is 0.0940. The quantitative estimate of drug-likeness (QED) is 0.262. The van der Waals surface area contributed by atoms with Crippen LogP contribution in [0.25, 0.3) is 16.5 Å². The summed E-state index contributed by atoms with van der Waals surface area (Å²) in [6, 6.07) is 16.5. The maximum Gasteiger partial charge on any atom is 0.264 e.